The Morgan fingerprint density at radius 1 is 1.04 bits per heavy atom. The largest absolute Gasteiger partial charge is 0.310 e. The van der Waals surface area contributed by atoms with Crippen LogP contribution >= 0.6 is 0 Å². The number of benzene rings is 2. The fraction of sp³-hybridized carbons (Fsp3) is 0.455. The van der Waals surface area contributed by atoms with Crippen LogP contribution in [0.2, 0.25) is 38.3 Å². The Labute approximate surface area is 156 Å². The first-order valence-corrected chi connectivity index (χ1v) is 16.2. The van der Waals surface area contributed by atoms with Gasteiger partial charge in [-0.15, -0.1) is 0 Å². The molecule has 1 nitrogen and oxygen atoms in total. The fourth-order valence-electron chi connectivity index (χ4n) is 4.07. The summed E-state index contributed by atoms with van der Waals surface area (Å²) in [5.74, 6) is 0. The van der Waals surface area contributed by atoms with E-state index in [9.17, 15) is 0 Å². The van der Waals surface area contributed by atoms with Crippen LogP contribution in [0.3, 0.4) is 0 Å². The highest BCUT2D eigenvalue weighted by Crippen LogP contribution is 2.36. The maximum absolute atomic E-state index is 3.85. The lowest BCUT2D eigenvalue weighted by atomic mass is 9.90. The van der Waals surface area contributed by atoms with Crippen molar-refractivity contribution in [2.75, 3.05) is 6.54 Å². The molecule has 2 atom stereocenters. The van der Waals surface area contributed by atoms with Crippen molar-refractivity contribution in [3.8, 4) is 0 Å². The Balaban J connectivity index is 1.83. The zero-order valence-electron chi connectivity index (χ0n) is 16.5. The first-order chi connectivity index (χ1) is 11.9. The molecule has 1 heterocycles. The van der Waals surface area contributed by atoms with Crippen molar-refractivity contribution in [1.82, 2.24) is 5.32 Å². The van der Waals surface area contributed by atoms with E-state index in [1.54, 1.807) is 16.3 Å². The van der Waals surface area contributed by atoms with Crippen LogP contribution < -0.4 is 10.5 Å². The minimum absolute atomic E-state index is 0.535. The monoisotopic (exact) mass is 367 g/mol. The lowest BCUT2D eigenvalue weighted by Crippen LogP contribution is -2.38. The Bertz CT molecular complexity index is 701. The minimum atomic E-state index is -1.20. The summed E-state index contributed by atoms with van der Waals surface area (Å²) in [4.78, 5) is 0. The summed E-state index contributed by atoms with van der Waals surface area (Å²) in [5, 5.41) is 5.42. The highest BCUT2D eigenvalue weighted by molar-refractivity contribution is 6.88. The Morgan fingerprint density at radius 2 is 1.72 bits per heavy atom. The van der Waals surface area contributed by atoms with Crippen LogP contribution in [-0.4, -0.2) is 23.4 Å². The van der Waals surface area contributed by atoms with Gasteiger partial charge in [0.1, 0.15) is 0 Å². The molecule has 0 saturated heterocycles. The van der Waals surface area contributed by atoms with Gasteiger partial charge in [0.2, 0.25) is 0 Å². The van der Waals surface area contributed by atoms with E-state index in [0.29, 0.717) is 6.04 Å². The Kier molecular flexibility index (Phi) is 5.66. The fourth-order valence-corrected chi connectivity index (χ4v) is 7.09. The van der Waals surface area contributed by atoms with Crippen LogP contribution in [0.15, 0.2) is 48.5 Å². The molecule has 0 spiro atoms. The standard InChI is InChI=1S/C22H33NSi2/c1-24(2)21(16-17-10-12-19(13-11-17)25(3,4)5)22-20-9-7-6-8-18(20)14-15-23-22/h6-13,21-24H,14-16H2,1-5H3. The average molecular weight is 368 g/mol. The van der Waals surface area contributed by atoms with Gasteiger partial charge in [0, 0.05) is 14.8 Å². The lowest BCUT2D eigenvalue weighted by molar-refractivity contribution is 0.470. The maximum atomic E-state index is 3.85. The van der Waals surface area contributed by atoms with E-state index in [1.165, 1.54) is 18.4 Å². The molecular weight excluding hydrogens is 334 g/mol. The highest BCUT2D eigenvalue weighted by Gasteiger charge is 2.30. The molecule has 1 aliphatic rings. The molecule has 0 saturated carbocycles. The van der Waals surface area contributed by atoms with Crippen LogP contribution in [0.1, 0.15) is 22.7 Å². The number of rotatable bonds is 5. The van der Waals surface area contributed by atoms with Gasteiger partial charge >= 0.3 is 0 Å². The van der Waals surface area contributed by atoms with Crippen LogP contribution in [0.25, 0.3) is 0 Å². The van der Waals surface area contributed by atoms with Gasteiger partial charge in [0.15, 0.2) is 0 Å². The summed E-state index contributed by atoms with van der Waals surface area (Å²) in [6.45, 7) is 13.4. The summed E-state index contributed by atoms with van der Waals surface area (Å²) in [6, 6.07) is 19.2. The molecule has 0 aromatic heterocycles. The summed E-state index contributed by atoms with van der Waals surface area (Å²) < 4.78 is 0. The van der Waals surface area contributed by atoms with E-state index in [1.807, 2.05) is 0 Å². The van der Waals surface area contributed by atoms with E-state index in [4.69, 9.17) is 0 Å². The van der Waals surface area contributed by atoms with Crippen molar-refractivity contribution in [3.63, 3.8) is 0 Å². The second-order valence-corrected chi connectivity index (χ2v) is 17.4. The van der Waals surface area contributed by atoms with Crippen molar-refractivity contribution in [2.45, 2.75) is 57.2 Å². The Morgan fingerprint density at radius 3 is 2.36 bits per heavy atom. The summed E-state index contributed by atoms with van der Waals surface area (Å²) in [7, 11) is -1.99. The molecule has 0 amide bonds. The molecule has 2 unspecified atom stereocenters. The van der Waals surface area contributed by atoms with Gasteiger partial charge in [0.25, 0.3) is 0 Å². The molecule has 1 aliphatic heterocycles. The molecular formula is C22H33NSi2. The number of hydrogen-bond acceptors (Lipinski definition) is 1. The molecule has 0 aliphatic carbocycles. The van der Waals surface area contributed by atoms with Gasteiger partial charge in [-0.1, -0.05) is 86.5 Å². The summed E-state index contributed by atoms with van der Waals surface area (Å²) in [6.07, 6.45) is 2.38. The van der Waals surface area contributed by atoms with E-state index in [2.05, 4.69) is 86.6 Å². The summed E-state index contributed by atoms with van der Waals surface area (Å²) in [5.41, 5.74) is 5.39. The van der Waals surface area contributed by atoms with E-state index < -0.39 is 16.9 Å². The smallest absolute Gasteiger partial charge is 0.0775 e. The molecule has 134 valence electrons. The van der Waals surface area contributed by atoms with Gasteiger partial charge in [-0.25, -0.2) is 0 Å². The van der Waals surface area contributed by atoms with Gasteiger partial charge in [0.05, 0.1) is 8.07 Å². The van der Waals surface area contributed by atoms with Crippen molar-refractivity contribution in [2.24, 2.45) is 0 Å². The van der Waals surface area contributed by atoms with Crippen molar-refractivity contribution >= 4 is 22.1 Å². The molecule has 1 N–H and O–H groups in total. The highest BCUT2D eigenvalue weighted by atomic mass is 28.3. The number of nitrogens with one attached hydrogen (secondary N) is 1. The third kappa shape index (κ3) is 4.33. The second kappa shape index (κ2) is 7.60. The normalized spacial score (nSPS) is 18.9. The lowest BCUT2D eigenvalue weighted by Gasteiger charge is -2.35. The third-order valence-electron chi connectivity index (χ3n) is 5.72. The second-order valence-electron chi connectivity index (χ2n) is 8.94. The third-order valence-corrected chi connectivity index (χ3v) is 10.1. The zero-order chi connectivity index (χ0) is 18.0. The van der Waals surface area contributed by atoms with E-state index >= 15 is 0 Å². The molecule has 2 aromatic rings. The van der Waals surface area contributed by atoms with E-state index in [0.717, 1.165) is 12.1 Å². The van der Waals surface area contributed by atoms with Gasteiger partial charge in [-0.2, -0.15) is 0 Å². The first-order valence-electron chi connectivity index (χ1n) is 9.77. The molecule has 2 aromatic carbocycles. The predicted molar refractivity (Wildman–Crippen MR) is 117 cm³/mol. The number of fused-ring (bicyclic) bond motifs is 1. The van der Waals surface area contributed by atoms with Crippen LogP contribution in [0.4, 0.5) is 0 Å². The molecule has 0 bridgehead atoms. The molecule has 3 rings (SSSR count). The van der Waals surface area contributed by atoms with Crippen LogP contribution in [-0.2, 0) is 12.8 Å². The molecule has 0 radical (unpaired) electrons. The van der Waals surface area contributed by atoms with Crippen molar-refractivity contribution in [3.05, 3.63) is 65.2 Å². The Hall–Kier alpha value is -1.17. The minimum Gasteiger partial charge on any atom is -0.310 e. The van der Waals surface area contributed by atoms with Crippen molar-refractivity contribution in [1.29, 1.82) is 0 Å². The quantitative estimate of drug-likeness (QED) is 0.766. The zero-order valence-corrected chi connectivity index (χ0v) is 18.6. The topological polar surface area (TPSA) is 12.0 Å². The van der Waals surface area contributed by atoms with Crippen LogP contribution in [0.5, 0.6) is 0 Å². The van der Waals surface area contributed by atoms with Gasteiger partial charge in [-0.05, 0) is 41.6 Å². The predicted octanol–water partition coefficient (Wildman–Crippen LogP) is 4.52. The first kappa shape index (κ1) is 18.6. The SMILES string of the molecule is C[SiH](C)C(Cc1ccc([Si](C)(C)C)cc1)C1NCCc2ccccc21. The maximum Gasteiger partial charge on any atom is 0.0775 e. The van der Waals surface area contributed by atoms with Gasteiger partial charge in [-0.3, -0.25) is 0 Å². The van der Waals surface area contributed by atoms with Gasteiger partial charge < -0.3 is 5.32 Å². The van der Waals surface area contributed by atoms with E-state index in [-0.39, 0.29) is 0 Å². The van der Waals surface area contributed by atoms with Crippen LogP contribution in [0, 0.1) is 0 Å². The summed E-state index contributed by atoms with van der Waals surface area (Å²) >= 11 is 0. The molecule has 0 fully saturated rings. The molecule has 3 heteroatoms. The number of hydrogen-bond donors (Lipinski definition) is 1. The average Bonchev–Trinajstić information content (AvgIpc) is 2.59. The van der Waals surface area contributed by atoms with Crippen molar-refractivity contribution < 1.29 is 0 Å². The molecule has 25 heavy (non-hydrogen) atoms.